The summed E-state index contributed by atoms with van der Waals surface area (Å²) in [5.74, 6) is 3.47. The molecule has 7 nitrogen and oxygen atoms in total. The normalized spacial score (nSPS) is 10.4. The number of nitrogens with zero attached hydrogens (tertiary/aromatic N) is 2. The van der Waals surface area contributed by atoms with Crippen LogP contribution in [0.4, 0.5) is 5.69 Å². The van der Waals surface area contributed by atoms with E-state index < -0.39 is 4.92 Å². The van der Waals surface area contributed by atoms with Crippen molar-refractivity contribution in [1.82, 2.24) is 0 Å². The molecular formula is C19H17BrN2O5. The molecule has 0 aliphatic heterocycles. The summed E-state index contributed by atoms with van der Waals surface area (Å²) < 4.78 is 11.7. The molecule has 2 aromatic carbocycles. The first-order chi connectivity index (χ1) is 13.0. The maximum atomic E-state index is 10.8. The Kier molecular flexibility index (Phi) is 7.64. The number of nitro groups is 1. The van der Waals surface area contributed by atoms with Crippen molar-refractivity contribution in [3.05, 3.63) is 62.1 Å². The molecule has 27 heavy (non-hydrogen) atoms. The summed E-state index contributed by atoms with van der Waals surface area (Å²) in [6.07, 6.45) is 6.73. The third kappa shape index (κ3) is 6.01. The molecule has 2 rings (SSSR count). The number of oxime groups is 1. The number of terminal acetylenes is 1. The van der Waals surface area contributed by atoms with Crippen molar-refractivity contribution in [3.8, 4) is 23.8 Å². The monoisotopic (exact) mass is 432 g/mol. The molecule has 0 spiro atoms. The fraction of sp³-hybridized carbons (Fsp3) is 0.211. The molecule has 0 aliphatic rings. The number of hydrogen-bond donors (Lipinski definition) is 0. The second-order valence-corrected chi connectivity index (χ2v) is 6.04. The minimum absolute atomic E-state index is 0.00624. The van der Waals surface area contributed by atoms with Gasteiger partial charge in [0.15, 0.2) is 11.5 Å². The molecule has 0 atom stereocenters. The fourth-order valence-corrected chi connectivity index (χ4v) is 2.54. The van der Waals surface area contributed by atoms with Gasteiger partial charge in [0.05, 0.1) is 17.7 Å². The van der Waals surface area contributed by atoms with Gasteiger partial charge in [-0.15, -0.1) is 6.42 Å². The Hall–Kier alpha value is -3.05. The number of halogens is 1. The van der Waals surface area contributed by atoms with Crippen LogP contribution in [0.25, 0.3) is 0 Å². The maximum Gasteiger partial charge on any atom is 0.269 e. The lowest BCUT2D eigenvalue weighted by Gasteiger charge is -2.12. The quantitative estimate of drug-likeness (QED) is 0.255. The van der Waals surface area contributed by atoms with Crippen molar-refractivity contribution >= 4 is 27.8 Å². The fourth-order valence-electron chi connectivity index (χ4n) is 2.12. The van der Waals surface area contributed by atoms with Gasteiger partial charge in [-0.1, -0.05) is 23.2 Å². The summed E-state index contributed by atoms with van der Waals surface area (Å²) in [5.41, 5.74) is 1.37. The van der Waals surface area contributed by atoms with Crippen molar-refractivity contribution in [2.75, 3.05) is 13.2 Å². The maximum absolute atomic E-state index is 10.8. The van der Waals surface area contributed by atoms with Gasteiger partial charge >= 0.3 is 0 Å². The lowest BCUT2D eigenvalue weighted by atomic mass is 10.2. The lowest BCUT2D eigenvalue weighted by Crippen LogP contribution is -2.01. The molecule has 0 unspecified atom stereocenters. The van der Waals surface area contributed by atoms with Gasteiger partial charge in [0, 0.05) is 22.2 Å². The summed E-state index contributed by atoms with van der Waals surface area (Å²) >= 11 is 3.44. The minimum atomic E-state index is -0.455. The van der Waals surface area contributed by atoms with E-state index in [1.165, 1.54) is 18.3 Å². The van der Waals surface area contributed by atoms with Gasteiger partial charge in [-0.3, -0.25) is 10.1 Å². The van der Waals surface area contributed by atoms with Crippen LogP contribution in [0.3, 0.4) is 0 Å². The summed E-state index contributed by atoms with van der Waals surface area (Å²) in [5, 5.41) is 14.7. The third-order valence-corrected chi connectivity index (χ3v) is 3.98. The van der Waals surface area contributed by atoms with Gasteiger partial charge in [0.1, 0.15) is 13.2 Å². The molecule has 0 bridgehead atoms. The zero-order valence-corrected chi connectivity index (χ0v) is 16.1. The molecule has 140 valence electrons. The van der Waals surface area contributed by atoms with E-state index in [4.69, 9.17) is 20.7 Å². The average Bonchev–Trinajstić information content (AvgIpc) is 2.66. The number of benzene rings is 2. The van der Waals surface area contributed by atoms with E-state index in [1.54, 1.807) is 24.3 Å². The first-order valence-electron chi connectivity index (χ1n) is 7.96. The van der Waals surface area contributed by atoms with E-state index in [2.05, 4.69) is 27.0 Å². The average molecular weight is 433 g/mol. The van der Waals surface area contributed by atoms with Gasteiger partial charge in [-0.05, 0) is 40.5 Å². The van der Waals surface area contributed by atoms with Gasteiger partial charge in [0.25, 0.3) is 5.69 Å². The van der Waals surface area contributed by atoms with Crippen molar-refractivity contribution in [3.63, 3.8) is 0 Å². The largest absolute Gasteiger partial charge is 0.490 e. The van der Waals surface area contributed by atoms with E-state index >= 15 is 0 Å². The van der Waals surface area contributed by atoms with E-state index in [-0.39, 0.29) is 18.9 Å². The van der Waals surface area contributed by atoms with Crippen molar-refractivity contribution in [1.29, 1.82) is 0 Å². The summed E-state index contributed by atoms with van der Waals surface area (Å²) in [4.78, 5) is 15.6. The predicted octanol–water partition coefficient (Wildman–Crippen LogP) is 4.32. The van der Waals surface area contributed by atoms with Crippen LogP contribution in [0.2, 0.25) is 0 Å². The molecule has 0 saturated heterocycles. The molecule has 8 heteroatoms. The van der Waals surface area contributed by atoms with Crippen LogP contribution in [-0.4, -0.2) is 24.4 Å². The molecule has 0 aliphatic carbocycles. The zero-order valence-electron chi connectivity index (χ0n) is 14.6. The highest BCUT2D eigenvalue weighted by atomic mass is 79.9. The second kappa shape index (κ2) is 10.2. The van der Waals surface area contributed by atoms with E-state index in [0.717, 1.165) is 4.47 Å². The number of rotatable bonds is 9. The topological polar surface area (TPSA) is 83.2 Å². The number of non-ortho nitro benzene ring substituents is 1. The Bertz CT molecular complexity index is 877. The highest BCUT2D eigenvalue weighted by molar-refractivity contribution is 9.10. The Morgan fingerprint density at radius 3 is 2.78 bits per heavy atom. The Morgan fingerprint density at radius 1 is 1.30 bits per heavy atom. The molecule has 2 aromatic rings. The van der Waals surface area contributed by atoms with Gasteiger partial charge in [0.2, 0.25) is 0 Å². The number of hydrogen-bond acceptors (Lipinski definition) is 6. The molecule has 0 fully saturated rings. The van der Waals surface area contributed by atoms with Gasteiger partial charge in [-0.25, -0.2) is 0 Å². The van der Waals surface area contributed by atoms with E-state index in [1.807, 2.05) is 6.92 Å². The van der Waals surface area contributed by atoms with Crippen LogP contribution in [0.5, 0.6) is 11.5 Å². The highest BCUT2D eigenvalue weighted by Crippen LogP contribution is 2.33. The van der Waals surface area contributed by atoms with Crippen molar-refractivity contribution in [2.24, 2.45) is 5.16 Å². The summed E-state index contributed by atoms with van der Waals surface area (Å²) in [6, 6.07) is 9.67. The lowest BCUT2D eigenvalue weighted by molar-refractivity contribution is -0.384. The van der Waals surface area contributed by atoms with Crippen LogP contribution in [0.15, 0.2) is 46.0 Å². The van der Waals surface area contributed by atoms with E-state index in [9.17, 15) is 10.1 Å². The first-order valence-corrected chi connectivity index (χ1v) is 8.75. The van der Waals surface area contributed by atoms with Crippen LogP contribution in [0.1, 0.15) is 18.1 Å². The van der Waals surface area contributed by atoms with Crippen molar-refractivity contribution in [2.45, 2.75) is 13.5 Å². The van der Waals surface area contributed by atoms with Gasteiger partial charge < -0.3 is 14.3 Å². The Balaban J connectivity index is 2.07. The number of nitro benzene ring substituents is 1. The smallest absolute Gasteiger partial charge is 0.269 e. The molecule has 0 saturated carbocycles. The van der Waals surface area contributed by atoms with E-state index in [0.29, 0.717) is 29.2 Å². The standard InChI is InChI=1S/C19H17BrN2O5/c1-3-8-26-19-11-17(20)15(10-18(19)25-4-2)12-21-27-13-14-6-5-7-16(9-14)22(23)24/h1,5-7,9-12H,4,8,13H2,2H3/b21-12-. The molecule has 0 radical (unpaired) electrons. The van der Waals surface area contributed by atoms with Gasteiger partial charge in [-0.2, -0.15) is 0 Å². The molecule has 0 N–H and O–H groups in total. The highest BCUT2D eigenvalue weighted by Gasteiger charge is 2.10. The predicted molar refractivity (Wildman–Crippen MR) is 105 cm³/mol. The molecule has 0 heterocycles. The Labute approximate surface area is 165 Å². The molecular weight excluding hydrogens is 416 g/mol. The summed E-state index contributed by atoms with van der Waals surface area (Å²) in [7, 11) is 0. The number of ether oxygens (including phenoxy) is 2. The third-order valence-electron chi connectivity index (χ3n) is 3.29. The Morgan fingerprint density at radius 2 is 2.07 bits per heavy atom. The second-order valence-electron chi connectivity index (χ2n) is 5.18. The van der Waals surface area contributed by atoms with Crippen LogP contribution in [-0.2, 0) is 11.4 Å². The first kappa shape index (κ1) is 20.3. The molecule has 0 amide bonds. The molecule has 0 aromatic heterocycles. The van der Waals surface area contributed by atoms with Crippen molar-refractivity contribution < 1.29 is 19.2 Å². The van der Waals surface area contributed by atoms with Crippen LogP contribution in [0, 0.1) is 22.5 Å². The summed E-state index contributed by atoms with van der Waals surface area (Å²) in [6.45, 7) is 2.57. The minimum Gasteiger partial charge on any atom is -0.490 e. The van der Waals surface area contributed by atoms with Crippen LogP contribution < -0.4 is 9.47 Å². The zero-order chi connectivity index (χ0) is 19.6. The van der Waals surface area contributed by atoms with Crippen LogP contribution >= 0.6 is 15.9 Å². The SMILES string of the molecule is C#CCOc1cc(Br)c(/C=N\OCc2cccc([N+](=O)[O-])c2)cc1OCC.